The molecule has 0 fully saturated rings. The van der Waals surface area contributed by atoms with Gasteiger partial charge in [-0.3, -0.25) is 4.90 Å². The Labute approximate surface area is 200 Å². The SMILES string of the molecule is CCN(C(=O)n1nnn(-c2c(F)cccc2F)c1=O)c1cc(C)ccc1OCCc1ccccc1. The smallest absolute Gasteiger partial charge is 0.377 e. The minimum atomic E-state index is -1.10. The van der Waals surface area contributed by atoms with Crippen LogP contribution in [0.2, 0.25) is 0 Å². The van der Waals surface area contributed by atoms with E-state index in [2.05, 4.69) is 10.4 Å². The molecule has 3 aromatic carbocycles. The molecule has 1 heterocycles. The second kappa shape index (κ2) is 10.3. The van der Waals surface area contributed by atoms with Gasteiger partial charge in [0.05, 0.1) is 12.3 Å². The van der Waals surface area contributed by atoms with E-state index in [1.165, 1.54) is 4.90 Å². The molecule has 8 nitrogen and oxygen atoms in total. The van der Waals surface area contributed by atoms with Gasteiger partial charge in [0, 0.05) is 13.0 Å². The number of halogens is 2. The van der Waals surface area contributed by atoms with E-state index in [1.807, 2.05) is 43.3 Å². The lowest BCUT2D eigenvalue weighted by atomic mass is 10.1. The first-order chi connectivity index (χ1) is 16.9. The van der Waals surface area contributed by atoms with Crippen LogP contribution in [0.5, 0.6) is 5.75 Å². The van der Waals surface area contributed by atoms with E-state index in [1.54, 1.807) is 19.1 Å². The van der Waals surface area contributed by atoms with Crippen molar-refractivity contribution in [1.82, 2.24) is 19.8 Å². The predicted molar refractivity (Wildman–Crippen MR) is 126 cm³/mol. The summed E-state index contributed by atoms with van der Waals surface area (Å²) in [5.74, 6) is -1.57. The highest BCUT2D eigenvalue weighted by atomic mass is 19.1. The molecular formula is C25H23F2N5O3. The molecule has 0 bridgehead atoms. The lowest BCUT2D eigenvalue weighted by Gasteiger charge is -2.23. The van der Waals surface area contributed by atoms with Crippen molar-refractivity contribution in [3.05, 3.63) is 100.0 Å². The van der Waals surface area contributed by atoms with Crippen molar-refractivity contribution in [2.75, 3.05) is 18.1 Å². The zero-order valence-corrected chi connectivity index (χ0v) is 19.2. The van der Waals surface area contributed by atoms with Crippen LogP contribution in [-0.4, -0.2) is 39.0 Å². The van der Waals surface area contributed by atoms with Gasteiger partial charge in [-0.2, -0.15) is 4.68 Å². The fourth-order valence-electron chi connectivity index (χ4n) is 3.60. The highest BCUT2D eigenvalue weighted by Crippen LogP contribution is 2.30. The van der Waals surface area contributed by atoms with E-state index in [0.717, 1.165) is 29.3 Å². The summed E-state index contributed by atoms with van der Waals surface area (Å²) in [4.78, 5) is 27.4. The molecule has 0 aliphatic carbocycles. The molecule has 1 aromatic heterocycles. The Bertz CT molecular complexity index is 1380. The number of rotatable bonds is 7. The molecule has 0 unspecified atom stereocenters. The van der Waals surface area contributed by atoms with Gasteiger partial charge in [0.2, 0.25) is 0 Å². The number of carbonyl (C=O) groups is 1. The van der Waals surface area contributed by atoms with Crippen LogP contribution in [0.15, 0.2) is 71.5 Å². The number of benzene rings is 3. The zero-order chi connectivity index (χ0) is 24.9. The van der Waals surface area contributed by atoms with Crippen LogP contribution in [-0.2, 0) is 6.42 Å². The van der Waals surface area contributed by atoms with Crippen molar-refractivity contribution >= 4 is 11.7 Å². The molecule has 4 aromatic rings. The van der Waals surface area contributed by atoms with Gasteiger partial charge in [0.25, 0.3) is 0 Å². The first-order valence-corrected chi connectivity index (χ1v) is 11.0. The van der Waals surface area contributed by atoms with E-state index in [4.69, 9.17) is 4.74 Å². The molecular weight excluding hydrogens is 456 g/mol. The third kappa shape index (κ3) is 4.96. The molecule has 0 atom stereocenters. The minimum Gasteiger partial charge on any atom is -0.491 e. The molecule has 0 aliphatic rings. The summed E-state index contributed by atoms with van der Waals surface area (Å²) >= 11 is 0. The number of hydrogen-bond donors (Lipinski definition) is 0. The van der Waals surface area contributed by atoms with Gasteiger partial charge in [-0.15, -0.1) is 4.68 Å². The van der Waals surface area contributed by atoms with Crippen molar-refractivity contribution in [3.63, 3.8) is 0 Å². The summed E-state index contributed by atoms with van der Waals surface area (Å²) < 4.78 is 35.2. The van der Waals surface area contributed by atoms with E-state index in [9.17, 15) is 18.4 Å². The number of nitrogens with zero attached hydrogens (tertiary/aromatic N) is 5. The van der Waals surface area contributed by atoms with Crippen LogP contribution in [0.25, 0.3) is 5.69 Å². The topological polar surface area (TPSA) is 82.3 Å². The van der Waals surface area contributed by atoms with Crippen molar-refractivity contribution < 1.29 is 18.3 Å². The summed E-state index contributed by atoms with van der Waals surface area (Å²) in [6.07, 6.45) is 0.663. The summed E-state index contributed by atoms with van der Waals surface area (Å²) in [7, 11) is 0. The van der Waals surface area contributed by atoms with E-state index < -0.39 is 29.0 Å². The molecule has 35 heavy (non-hydrogen) atoms. The monoisotopic (exact) mass is 479 g/mol. The Hall–Kier alpha value is -4.34. The van der Waals surface area contributed by atoms with Gasteiger partial charge in [-0.25, -0.2) is 18.4 Å². The van der Waals surface area contributed by atoms with Crippen LogP contribution in [0, 0.1) is 18.6 Å². The summed E-state index contributed by atoms with van der Waals surface area (Å²) in [5.41, 5.74) is 0.597. The zero-order valence-electron chi connectivity index (χ0n) is 19.2. The maximum Gasteiger partial charge on any atom is 0.377 e. The molecule has 0 aliphatic heterocycles. The Morgan fingerprint density at radius 3 is 2.40 bits per heavy atom. The molecule has 1 amide bonds. The highest BCUT2D eigenvalue weighted by molar-refractivity contribution is 5.94. The molecule has 4 rings (SSSR count). The Morgan fingerprint density at radius 2 is 1.71 bits per heavy atom. The van der Waals surface area contributed by atoms with Crippen molar-refractivity contribution in [2.45, 2.75) is 20.3 Å². The van der Waals surface area contributed by atoms with Gasteiger partial charge in [0.15, 0.2) is 11.6 Å². The maximum absolute atomic E-state index is 14.2. The van der Waals surface area contributed by atoms with Crippen LogP contribution in [0.1, 0.15) is 18.1 Å². The average Bonchev–Trinajstić information content (AvgIpc) is 3.22. The third-order valence-electron chi connectivity index (χ3n) is 5.36. The number of carbonyl (C=O) groups excluding carboxylic acids is 1. The Balaban J connectivity index is 1.63. The Morgan fingerprint density at radius 1 is 1.00 bits per heavy atom. The lowest BCUT2D eigenvalue weighted by Crippen LogP contribution is -2.41. The van der Waals surface area contributed by atoms with Crippen molar-refractivity contribution in [3.8, 4) is 11.4 Å². The second-order valence-electron chi connectivity index (χ2n) is 7.74. The quantitative estimate of drug-likeness (QED) is 0.372. The molecule has 0 spiro atoms. The fourth-order valence-corrected chi connectivity index (χ4v) is 3.60. The van der Waals surface area contributed by atoms with Gasteiger partial charge >= 0.3 is 11.7 Å². The maximum atomic E-state index is 14.2. The minimum absolute atomic E-state index is 0.171. The molecule has 0 radical (unpaired) electrons. The number of aryl methyl sites for hydroxylation is 1. The van der Waals surface area contributed by atoms with Gasteiger partial charge in [-0.05, 0) is 59.7 Å². The molecule has 180 valence electrons. The summed E-state index contributed by atoms with van der Waals surface area (Å²) in [6, 6.07) is 17.5. The van der Waals surface area contributed by atoms with E-state index in [0.29, 0.717) is 33.8 Å². The summed E-state index contributed by atoms with van der Waals surface area (Å²) in [5, 5.41) is 7.09. The van der Waals surface area contributed by atoms with Gasteiger partial charge in [0.1, 0.15) is 11.4 Å². The van der Waals surface area contributed by atoms with Crippen LogP contribution in [0.4, 0.5) is 19.3 Å². The number of tetrazole rings is 1. The number of aromatic nitrogens is 4. The number of para-hydroxylation sites is 1. The molecule has 0 saturated carbocycles. The number of amides is 1. The largest absolute Gasteiger partial charge is 0.491 e. The average molecular weight is 479 g/mol. The third-order valence-corrected chi connectivity index (χ3v) is 5.36. The lowest BCUT2D eigenvalue weighted by molar-refractivity contribution is 0.243. The van der Waals surface area contributed by atoms with Crippen LogP contribution >= 0.6 is 0 Å². The van der Waals surface area contributed by atoms with Crippen LogP contribution < -0.4 is 15.3 Å². The molecule has 10 heteroatoms. The number of anilines is 1. The Kier molecular flexibility index (Phi) is 7.00. The summed E-state index contributed by atoms with van der Waals surface area (Å²) in [6.45, 7) is 4.12. The van der Waals surface area contributed by atoms with Crippen molar-refractivity contribution in [1.29, 1.82) is 0 Å². The van der Waals surface area contributed by atoms with Gasteiger partial charge in [-0.1, -0.05) is 42.5 Å². The predicted octanol–water partition coefficient (Wildman–Crippen LogP) is 4.13. The molecule has 0 saturated heterocycles. The molecule has 0 N–H and O–H groups in total. The number of hydrogen-bond acceptors (Lipinski definition) is 5. The van der Waals surface area contributed by atoms with E-state index >= 15 is 0 Å². The fraction of sp³-hybridized carbons (Fsp3) is 0.200. The van der Waals surface area contributed by atoms with Crippen LogP contribution in [0.3, 0.4) is 0 Å². The normalized spacial score (nSPS) is 10.9. The highest BCUT2D eigenvalue weighted by Gasteiger charge is 2.26. The number of ether oxygens (including phenoxy) is 1. The van der Waals surface area contributed by atoms with Gasteiger partial charge < -0.3 is 4.74 Å². The first kappa shape index (κ1) is 23.8. The standard InChI is InChI=1S/C25H23F2N5O3/c1-3-30(21-16-17(2)12-13-22(21)35-15-14-18-8-5-4-6-9-18)24(33)32-25(34)31(28-29-32)23-19(26)10-7-11-20(23)27/h4-13,16H,3,14-15H2,1-2H3. The van der Waals surface area contributed by atoms with Crippen molar-refractivity contribution in [2.24, 2.45) is 0 Å². The second-order valence-corrected chi connectivity index (χ2v) is 7.74. The first-order valence-electron chi connectivity index (χ1n) is 11.0. The van der Waals surface area contributed by atoms with E-state index in [-0.39, 0.29) is 6.54 Å².